The molecule has 1 rings (SSSR count). The van der Waals surface area contributed by atoms with Gasteiger partial charge < -0.3 is 20.1 Å². The first-order chi connectivity index (χ1) is 8.19. The number of carbonyl (C=O) groups is 1. The van der Waals surface area contributed by atoms with E-state index in [0.717, 1.165) is 11.3 Å². The number of nitrogens with zero attached hydrogens (tertiary/aromatic N) is 1. The molecule has 0 bridgehead atoms. The molecule has 0 saturated carbocycles. The molecule has 0 radical (unpaired) electrons. The van der Waals surface area contributed by atoms with Crippen LogP contribution in [0.3, 0.4) is 0 Å². The van der Waals surface area contributed by atoms with E-state index in [1.807, 2.05) is 24.3 Å². The maximum atomic E-state index is 11.6. The third kappa shape index (κ3) is 3.96. The van der Waals surface area contributed by atoms with Crippen LogP contribution in [-0.4, -0.2) is 43.3 Å². The van der Waals surface area contributed by atoms with E-state index in [9.17, 15) is 4.79 Å². The minimum Gasteiger partial charge on any atom is -0.496 e. The first kappa shape index (κ1) is 13.3. The lowest BCUT2D eigenvalue weighted by molar-refractivity contribution is 0.190. The van der Waals surface area contributed by atoms with Gasteiger partial charge in [0.25, 0.3) is 0 Å². The Hall–Kier alpha value is -1.75. The van der Waals surface area contributed by atoms with Gasteiger partial charge in [0.1, 0.15) is 5.75 Å². The number of hydrogen-bond donors (Lipinski definition) is 2. The Morgan fingerprint density at radius 2 is 2.18 bits per heavy atom. The molecule has 17 heavy (non-hydrogen) atoms. The van der Waals surface area contributed by atoms with Crippen LogP contribution in [0.4, 0.5) is 4.79 Å². The highest BCUT2D eigenvalue weighted by molar-refractivity contribution is 5.73. The molecule has 1 aromatic carbocycles. The van der Waals surface area contributed by atoms with Crippen molar-refractivity contribution >= 4 is 6.03 Å². The predicted octanol–water partition coefficient (Wildman–Crippen LogP) is 0.829. The van der Waals surface area contributed by atoms with Gasteiger partial charge in [-0.05, 0) is 6.07 Å². The number of likely N-dealkylation sites (N-methyl/N-ethyl adjacent to an activating group) is 1. The summed E-state index contributed by atoms with van der Waals surface area (Å²) in [4.78, 5) is 13.0. The van der Waals surface area contributed by atoms with Crippen molar-refractivity contribution in [1.29, 1.82) is 0 Å². The number of carbonyl (C=O) groups excluding carboxylic acids is 1. The van der Waals surface area contributed by atoms with Crippen LogP contribution in [0.5, 0.6) is 5.75 Å². The Kier molecular flexibility index (Phi) is 5.29. The summed E-state index contributed by atoms with van der Waals surface area (Å²) >= 11 is 0. The highest BCUT2D eigenvalue weighted by Gasteiger charge is 2.08. The van der Waals surface area contributed by atoms with Crippen LogP contribution in [0.15, 0.2) is 24.3 Å². The number of amides is 2. The van der Waals surface area contributed by atoms with Crippen LogP contribution in [0.1, 0.15) is 5.56 Å². The second-order valence-corrected chi connectivity index (χ2v) is 3.62. The van der Waals surface area contributed by atoms with Crippen LogP contribution in [0, 0.1) is 0 Å². The van der Waals surface area contributed by atoms with Crippen LogP contribution in [0.25, 0.3) is 0 Å². The molecular formula is C12H18N2O3. The molecule has 5 heteroatoms. The van der Waals surface area contributed by atoms with E-state index < -0.39 is 0 Å². The summed E-state index contributed by atoms with van der Waals surface area (Å²) in [6.07, 6.45) is 0. The number of ether oxygens (including phenoxy) is 1. The fourth-order valence-electron chi connectivity index (χ4n) is 1.41. The molecule has 0 aliphatic heterocycles. The minimum absolute atomic E-state index is 0.0431. The lowest BCUT2D eigenvalue weighted by atomic mass is 10.2. The largest absolute Gasteiger partial charge is 0.496 e. The van der Waals surface area contributed by atoms with E-state index >= 15 is 0 Å². The van der Waals surface area contributed by atoms with Crippen molar-refractivity contribution in [2.45, 2.75) is 6.54 Å². The summed E-state index contributed by atoms with van der Waals surface area (Å²) in [6.45, 7) is 0.676. The molecule has 0 aromatic heterocycles. The number of para-hydroxylation sites is 1. The first-order valence-electron chi connectivity index (χ1n) is 5.40. The number of urea groups is 1. The Morgan fingerprint density at radius 1 is 1.47 bits per heavy atom. The fourth-order valence-corrected chi connectivity index (χ4v) is 1.41. The summed E-state index contributed by atoms with van der Waals surface area (Å²) in [7, 11) is 3.23. The third-order valence-electron chi connectivity index (χ3n) is 2.40. The Bertz CT molecular complexity index is 369. The smallest absolute Gasteiger partial charge is 0.317 e. The van der Waals surface area contributed by atoms with E-state index in [4.69, 9.17) is 9.84 Å². The SMILES string of the molecule is COc1ccccc1CNC(=O)N(C)CCO. The number of aliphatic hydroxyl groups is 1. The molecule has 5 nitrogen and oxygen atoms in total. The molecule has 2 amide bonds. The number of hydrogen-bond acceptors (Lipinski definition) is 3. The first-order valence-corrected chi connectivity index (χ1v) is 5.40. The van der Waals surface area contributed by atoms with Crippen molar-refractivity contribution in [3.05, 3.63) is 29.8 Å². The summed E-state index contributed by atoms with van der Waals surface area (Å²) < 4.78 is 5.18. The standard InChI is InChI=1S/C12H18N2O3/c1-14(7-8-15)12(16)13-9-10-5-3-4-6-11(10)17-2/h3-6,15H,7-9H2,1-2H3,(H,13,16). The quantitative estimate of drug-likeness (QED) is 0.798. The minimum atomic E-state index is -0.218. The number of rotatable bonds is 5. The average molecular weight is 238 g/mol. The van der Waals surface area contributed by atoms with E-state index in [0.29, 0.717) is 13.1 Å². The normalized spacial score (nSPS) is 9.82. The molecule has 94 valence electrons. The van der Waals surface area contributed by atoms with Gasteiger partial charge in [0.05, 0.1) is 13.7 Å². The van der Waals surface area contributed by atoms with E-state index in [2.05, 4.69) is 5.32 Å². The van der Waals surface area contributed by atoms with Gasteiger partial charge in [0.2, 0.25) is 0 Å². The van der Waals surface area contributed by atoms with Gasteiger partial charge >= 0.3 is 6.03 Å². The molecule has 1 aromatic rings. The molecule has 0 fully saturated rings. The molecule has 0 heterocycles. The highest BCUT2D eigenvalue weighted by Crippen LogP contribution is 2.16. The number of aliphatic hydroxyl groups excluding tert-OH is 1. The fraction of sp³-hybridized carbons (Fsp3) is 0.417. The molecule has 0 aliphatic rings. The molecular weight excluding hydrogens is 220 g/mol. The average Bonchev–Trinajstić information content (AvgIpc) is 2.36. The summed E-state index contributed by atoms with van der Waals surface area (Å²) in [6, 6.07) is 7.29. The third-order valence-corrected chi connectivity index (χ3v) is 2.40. The van der Waals surface area contributed by atoms with Crippen LogP contribution in [-0.2, 0) is 6.54 Å². The van der Waals surface area contributed by atoms with Crippen LogP contribution in [0.2, 0.25) is 0 Å². The Morgan fingerprint density at radius 3 is 2.82 bits per heavy atom. The van der Waals surface area contributed by atoms with Gasteiger partial charge in [-0.15, -0.1) is 0 Å². The topological polar surface area (TPSA) is 61.8 Å². The molecule has 0 aliphatic carbocycles. The van der Waals surface area contributed by atoms with Gasteiger partial charge in [-0.25, -0.2) is 4.79 Å². The summed E-state index contributed by atoms with van der Waals surface area (Å²) in [5, 5.41) is 11.5. The van der Waals surface area contributed by atoms with Crippen LogP contribution < -0.4 is 10.1 Å². The van der Waals surface area contributed by atoms with E-state index in [1.54, 1.807) is 14.2 Å². The van der Waals surface area contributed by atoms with Crippen molar-refractivity contribution in [3.8, 4) is 5.75 Å². The number of benzene rings is 1. The second-order valence-electron chi connectivity index (χ2n) is 3.62. The highest BCUT2D eigenvalue weighted by atomic mass is 16.5. The van der Waals surface area contributed by atoms with E-state index in [-0.39, 0.29) is 12.6 Å². The predicted molar refractivity (Wildman–Crippen MR) is 64.9 cm³/mol. The molecule has 0 spiro atoms. The zero-order chi connectivity index (χ0) is 12.7. The van der Waals surface area contributed by atoms with Crippen molar-refractivity contribution in [2.75, 3.05) is 27.3 Å². The van der Waals surface area contributed by atoms with Crippen molar-refractivity contribution < 1.29 is 14.6 Å². The summed E-state index contributed by atoms with van der Waals surface area (Å²) in [5.74, 6) is 0.748. The van der Waals surface area contributed by atoms with E-state index in [1.165, 1.54) is 4.90 Å². The molecule has 0 atom stereocenters. The Balaban J connectivity index is 2.52. The lowest BCUT2D eigenvalue weighted by Crippen LogP contribution is -2.38. The van der Waals surface area contributed by atoms with Gasteiger partial charge in [-0.3, -0.25) is 0 Å². The van der Waals surface area contributed by atoms with Gasteiger partial charge in [-0.2, -0.15) is 0 Å². The number of nitrogens with one attached hydrogen (secondary N) is 1. The van der Waals surface area contributed by atoms with Crippen LogP contribution >= 0.6 is 0 Å². The maximum absolute atomic E-state index is 11.6. The van der Waals surface area contributed by atoms with Crippen molar-refractivity contribution in [3.63, 3.8) is 0 Å². The summed E-state index contributed by atoms with van der Waals surface area (Å²) in [5.41, 5.74) is 0.917. The zero-order valence-corrected chi connectivity index (χ0v) is 10.1. The monoisotopic (exact) mass is 238 g/mol. The Labute approximate surface area is 101 Å². The van der Waals surface area contributed by atoms with Crippen molar-refractivity contribution in [2.24, 2.45) is 0 Å². The maximum Gasteiger partial charge on any atom is 0.317 e. The lowest BCUT2D eigenvalue weighted by Gasteiger charge is -2.17. The second kappa shape index (κ2) is 6.75. The van der Waals surface area contributed by atoms with Gasteiger partial charge in [-0.1, -0.05) is 18.2 Å². The molecule has 0 saturated heterocycles. The van der Waals surface area contributed by atoms with Crippen molar-refractivity contribution in [1.82, 2.24) is 10.2 Å². The molecule has 2 N–H and O–H groups in total. The number of methoxy groups -OCH3 is 1. The van der Waals surface area contributed by atoms with Gasteiger partial charge in [0.15, 0.2) is 0 Å². The molecule has 0 unspecified atom stereocenters. The van der Waals surface area contributed by atoms with Gasteiger partial charge in [0, 0.05) is 25.7 Å². The zero-order valence-electron chi connectivity index (χ0n) is 10.1.